The van der Waals surface area contributed by atoms with Gasteiger partial charge in [-0.3, -0.25) is 4.79 Å². The number of benzene rings is 1. The molecule has 0 radical (unpaired) electrons. The number of hydrogen-bond acceptors (Lipinski definition) is 3. The van der Waals surface area contributed by atoms with Crippen molar-refractivity contribution >= 4 is 17.6 Å². The van der Waals surface area contributed by atoms with E-state index in [9.17, 15) is 4.79 Å². The maximum absolute atomic E-state index is 12.3. The predicted molar refractivity (Wildman–Crippen MR) is 83.3 cm³/mol. The minimum absolute atomic E-state index is 0.209. The van der Waals surface area contributed by atoms with Gasteiger partial charge in [-0.05, 0) is 25.6 Å². The Bertz CT molecular complexity index is 406. The highest BCUT2D eigenvalue weighted by Crippen LogP contribution is 2.26. The summed E-state index contributed by atoms with van der Waals surface area (Å²) in [7, 11) is 0. The molecule has 1 rings (SSSR count). The van der Waals surface area contributed by atoms with Crippen LogP contribution >= 0.6 is 11.6 Å². The normalized spacial score (nSPS) is 14.1. The summed E-state index contributed by atoms with van der Waals surface area (Å²) in [5.41, 5.74) is 0.106. The monoisotopic (exact) mass is 297 g/mol. The Morgan fingerprint density at radius 1 is 1.25 bits per heavy atom. The van der Waals surface area contributed by atoms with Crippen molar-refractivity contribution in [1.29, 1.82) is 0 Å². The van der Waals surface area contributed by atoms with E-state index in [2.05, 4.69) is 18.7 Å². The molecule has 0 aliphatic rings. The Kier molecular flexibility index (Phi) is 7.03. The van der Waals surface area contributed by atoms with E-state index in [-0.39, 0.29) is 11.8 Å². The van der Waals surface area contributed by atoms with Gasteiger partial charge < -0.3 is 9.64 Å². The third kappa shape index (κ3) is 4.22. The lowest BCUT2D eigenvalue weighted by Crippen LogP contribution is -2.38. The zero-order valence-corrected chi connectivity index (χ0v) is 13.3. The molecule has 0 aliphatic heterocycles. The maximum Gasteiger partial charge on any atom is 0.317 e. The summed E-state index contributed by atoms with van der Waals surface area (Å²) in [6.07, 6.45) is 0. The zero-order chi connectivity index (χ0) is 15.0. The average Bonchev–Trinajstić information content (AvgIpc) is 2.51. The molecular formula is C16H24ClNO2. The molecule has 0 bridgehead atoms. The summed E-state index contributed by atoms with van der Waals surface area (Å²) in [5.74, 6) is -0.0490. The van der Waals surface area contributed by atoms with E-state index in [0.717, 1.165) is 25.2 Å². The van der Waals surface area contributed by atoms with Gasteiger partial charge in [0.15, 0.2) is 0 Å². The van der Waals surface area contributed by atoms with Gasteiger partial charge in [0.1, 0.15) is 12.0 Å². The van der Waals surface area contributed by atoms with Crippen molar-refractivity contribution in [3.63, 3.8) is 0 Å². The lowest BCUT2D eigenvalue weighted by atomic mass is 9.84. The molecule has 1 aromatic carbocycles. The molecule has 20 heavy (non-hydrogen) atoms. The van der Waals surface area contributed by atoms with Gasteiger partial charge in [-0.15, -0.1) is 11.6 Å². The van der Waals surface area contributed by atoms with Crippen LogP contribution in [0, 0.1) is 0 Å². The van der Waals surface area contributed by atoms with E-state index in [4.69, 9.17) is 16.3 Å². The lowest BCUT2D eigenvalue weighted by Gasteiger charge is -2.26. The number of halogens is 1. The number of alkyl halides is 1. The summed E-state index contributed by atoms with van der Waals surface area (Å²) in [6, 6.07) is 9.55. The smallest absolute Gasteiger partial charge is 0.317 e. The summed E-state index contributed by atoms with van der Waals surface area (Å²) in [6.45, 7) is 9.09. The van der Waals surface area contributed by atoms with Crippen LogP contribution in [0.1, 0.15) is 26.3 Å². The third-order valence-electron chi connectivity index (χ3n) is 3.66. The minimum Gasteiger partial charge on any atom is -0.464 e. The van der Waals surface area contributed by atoms with Gasteiger partial charge in [0, 0.05) is 12.4 Å². The first kappa shape index (κ1) is 17.0. The topological polar surface area (TPSA) is 29.5 Å². The molecule has 112 valence electrons. The molecule has 1 aromatic rings. The van der Waals surface area contributed by atoms with E-state index in [1.165, 1.54) is 0 Å². The fraction of sp³-hybridized carbons (Fsp3) is 0.562. The first-order chi connectivity index (χ1) is 9.58. The van der Waals surface area contributed by atoms with Gasteiger partial charge in [-0.25, -0.2) is 0 Å². The van der Waals surface area contributed by atoms with Gasteiger partial charge >= 0.3 is 5.97 Å². The molecular weight excluding hydrogens is 274 g/mol. The quantitative estimate of drug-likeness (QED) is 0.545. The van der Waals surface area contributed by atoms with Gasteiger partial charge in [-0.1, -0.05) is 44.2 Å². The van der Waals surface area contributed by atoms with E-state index >= 15 is 0 Å². The Morgan fingerprint density at radius 2 is 1.85 bits per heavy atom. The van der Waals surface area contributed by atoms with E-state index in [0.29, 0.717) is 6.61 Å². The van der Waals surface area contributed by atoms with Crippen molar-refractivity contribution in [3.8, 4) is 0 Å². The first-order valence-corrected chi connectivity index (χ1v) is 7.63. The van der Waals surface area contributed by atoms with Gasteiger partial charge in [0.2, 0.25) is 0 Å². The molecule has 0 heterocycles. The predicted octanol–water partition coefficient (Wildman–Crippen LogP) is 3.07. The number of ether oxygens (including phenoxy) is 1. The second-order valence-corrected chi connectivity index (χ2v) is 5.26. The fourth-order valence-corrected chi connectivity index (χ4v) is 2.29. The van der Waals surface area contributed by atoms with E-state index < -0.39 is 5.41 Å². The fourth-order valence-electron chi connectivity index (χ4n) is 2.02. The number of esters is 1. The van der Waals surface area contributed by atoms with Crippen LogP contribution in [0.2, 0.25) is 0 Å². The van der Waals surface area contributed by atoms with Crippen LogP contribution in [0.5, 0.6) is 0 Å². The Morgan fingerprint density at radius 3 is 2.35 bits per heavy atom. The number of hydrogen-bond donors (Lipinski definition) is 0. The minimum atomic E-state index is -0.786. The summed E-state index contributed by atoms with van der Waals surface area (Å²) >= 11 is 6.02. The number of nitrogens with zero attached hydrogens (tertiary/aromatic N) is 1. The largest absolute Gasteiger partial charge is 0.464 e. The lowest BCUT2D eigenvalue weighted by molar-refractivity contribution is -0.149. The van der Waals surface area contributed by atoms with E-state index in [1.54, 1.807) is 0 Å². The molecule has 0 unspecified atom stereocenters. The Balaban J connectivity index is 2.64. The maximum atomic E-state index is 12.3. The van der Waals surface area contributed by atoms with E-state index in [1.807, 2.05) is 37.3 Å². The summed E-state index contributed by atoms with van der Waals surface area (Å²) in [5, 5.41) is 0. The molecule has 0 aliphatic carbocycles. The summed E-state index contributed by atoms with van der Waals surface area (Å²) in [4.78, 5) is 14.5. The van der Waals surface area contributed by atoms with Crippen molar-refractivity contribution in [2.75, 3.05) is 32.1 Å². The second-order valence-electron chi connectivity index (χ2n) is 4.99. The highest BCUT2D eigenvalue weighted by atomic mass is 35.5. The van der Waals surface area contributed by atoms with Gasteiger partial charge in [0.05, 0.1) is 0 Å². The molecule has 0 aromatic heterocycles. The molecule has 0 saturated heterocycles. The van der Waals surface area contributed by atoms with Crippen LogP contribution in [0.25, 0.3) is 0 Å². The molecule has 0 spiro atoms. The Labute approximate surface area is 126 Å². The van der Waals surface area contributed by atoms with Crippen LogP contribution in [-0.4, -0.2) is 43.0 Å². The molecule has 0 N–H and O–H groups in total. The highest BCUT2D eigenvalue weighted by Gasteiger charge is 2.36. The van der Waals surface area contributed by atoms with Gasteiger partial charge in [0.25, 0.3) is 0 Å². The average molecular weight is 298 g/mol. The SMILES string of the molecule is CCN(CC)CCOC(=O)[C@@](C)(CCl)c1ccccc1. The summed E-state index contributed by atoms with van der Waals surface area (Å²) < 4.78 is 5.42. The molecule has 0 saturated carbocycles. The van der Waals surface area contributed by atoms with Crippen LogP contribution in [0.15, 0.2) is 30.3 Å². The van der Waals surface area contributed by atoms with Crippen molar-refractivity contribution in [2.24, 2.45) is 0 Å². The molecule has 4 heteroatoms. The van der Waals surface area contributed by atoms with Crippen LogP contribution in [-0.2, 0) is 14.9 Å². The van der Waals surface area contributed by atoms with Crippen molar-refractivity contribution in [1.82, 2.24) is 4.90 Å². The number of rotatable bonds is 8. The zero-order valence-electron chi connectivity index (χ0n) is 12.6. The van der Waals surface area contributed by atoms with Crippen LogP contribution in [0.4, 0.5) is 0 Å². The van der Waals surface area contributed by atoms with Crippen molar-refractivity contribution < 1.29 is 9.53 Å². The molecule has 3 nitrogen and oxygen atoms in total. The van der Waals surface area contributed by atoms with Crippen LogP contribution < -0.4 is 0 Å². The number of carbonyl (C=O) groups excluding carboxylic acids is 1. The van der Waals surface area contributed by atoms with Crippen molar-refractivity contribution in [2.45, 2.75) is 26.2 Å². The Hall–Kier alpha value is -1.06. The molecule has 1 atom stereocenters. The number of likely N-dealkylation sites (N-methyl/N-ethyl adjacent to an activating group) is 1. The standard InChI is InChI=1S/C16H24ClNO2/c1-4-18(5-2)11-12-20-15(19)16(3,13-17)14-9-7-6-8-10-14/h6-10H,4-5,11-13H2,1-3H3/t16-/m0/s1. The highest BCUT2D eigenvalue weighted by molar-refractivity contribution is 6.20. The van der Waals surface area contributed by atoms with Crippen molar-refractivity contribution in [3.05, 3.63) is 35.9 Å². The third-order valence-corrected chi connectivity index (χ3v) is 4.20. The molecule has 0 fully saturated rings. The molecule has 0 amide bonds. The second kappa shape index (κ2) is 8.28. The van der Waals surface area contributed by atoms with Gasteiger partial charge in [-0.2, -0.15) is 0 Å². The van der Waals surface area contributed by atoms with Crippen LogP contribution in [0.3, 0.4) is 0 Å². The number of carbonyl (C=O) groups is 1. The first-order valence-electron chi connectivity index (χ1n) is 7.09.